The van der Waals surface area contributed by atoms with E-state index in [1.165, 1.54) is 18.2 Å². The zero-order valence-corrected chi connectivity index (χ0v) is 12.3. The molecule has 0 bridgehead atoms. The Kier molecular flexibility index (Phi) is 5.17. The summed E-state index contributed by atoms with van der Waals surface area (Å²) in [5.74, 6) is -0.269. The van der Waals surface area contributed by atoms with Crippen LogP contribution in [0.25, 0.3) is 0 Å². The summed E-state index contributed by atoms with van der Waals surface area (Å²) in [4.78, 5) is 0. The van der Waals surface area contributed by atoms with E-state index < -0.39 is 0 Å². The number of phenols is 1. The summed E-state index contributed by atoms with van der Waals surface area (Å²) < 4.78 is 18.4. The normalized spacial score (nSPS) is 12.1. The Morgan fingerprint density at radius 1 is 1.24 bits per heavy atom. The third-order valence-corrected chi connectivity index (χ3v) is 3.42. The molecular formula is C17H20FNO2. The molecule has 0 amide bonds. The molecule has 3 nitrogen and oxygen atoms in total. The lowest BCUT2D eigenvalue weighted by molar-refractivity contribution is 0.202. The van der Waals surface area contributed by atoms with Gasteiger partial charge in [0.2, 0.25) is 0 Å². The van der Waals surface area contributed by atoms with Gasteiger partial charge < -0.3 is 15.2 Å². The van der Waals surface area contributed by atoms with Gasteiger partial charge in [0, 0.05) is 18.4 Å². The Morgan fingerprint density at radius 3 is 2.76 bits per heavy atom. The van der Waals surface area contributed by atoms with E-state index in [0.717, 1.165) is 17.7 Å². The average Bonchev–Trinajstić information content (AvgIpc) is 2.48. The van der Waals surface area contributed by atoms with E-state index in [4.69, 9.17) is 4.74 Å². The molecule has 2 aromatic carbocycles. The van der Waals surface area contributed by atoms with Gasteiger partial charge >= 0.3 is 0 Å². The lowest BCUT2D eigenvalue weighted by atomic mass is 10.0. The number of phenolic OH excluding ortho intramolecular Hbond substituents is 1. The van der Waals surface area contributed by atoms with E-state index in [-0.39, 0.29) is 17.6 Å². The summed E-state index contributed by atoms with van der Waals surface area (Å²) in [6.07, 6.45) is 0.793. The second kappa shape index (κ2) is 7.09. The zero-order valence-electron chi connectivity index (χ0n) is 12.3. The van der Waals surface area contributed by atoms with Gasteiger partial charge in [-0.05, 0) is 43.2 Å². The fraction of sp³-hybridized carbons (Fsp3) is 0.294. The molecule has 0 saturated heterocycles. The topological polar surface area (TPSA) is 41.5 Å². The van der Waals surface area contributed by atoms with Gasteiger partial charge in [-0.15, -0.1) is 0 Å². The molecule has 21 heavy (non-hydrogen) atoms. The average molecular weight is 289 g/mol. The van der Waals surface area contributed by atoms with Crippen LogP contribution >= 0.6 is 0 Å². The third-order valence-electron chi connectivity index (χ3n) is 3.42. The van der Waals surface area contributed by atoms with Crippen molar-refractivity contribution in [2.45, 2.75) is 19.4 Å². The van der Waals surface area contributed by atoms with Gasteiger partial charge in [0.25, 0.3) is 0 Å². The van der Waals surface area contributed by atoms with E-state index in [2.05, 4.69) is 5.32 Å². The highest BCUT2D eigenvalue weighted by Gasteiger charge is 2.13. The summed E-state index contributed by atoms with van der Waals surface area (Å²) in [5.41, 5.74) is 2.63. The Bertz CT molecular complexity index is 601. The van der Waals surface area contributed by atoms with Gasteiger partial charge in [0.05, 0.1) is 12.6 Å². The van der Waals surface area contributed by atoms with Crippen LogP contribution in [0, 0.1) is 5.82 Å². The minimum absolute atomic E-state index is 0.0887. The smallest absolute Gasteiger partial charge is 0.123 e. The molecule has 0 radical (unpaired) electrons. The summed E-state index contributed by atoms with van der Waals surface area (Å²) in [7, 11) is 1.67. The van der Waals surface area contributed by atoms with Gasteiger partial charge in [-0.3, -0.25) is 0 Å². The highest BCUT2D eigenvalue weighted by molar-refractivity contribution is 5.53. The lowest BCUT2D eigenvalue weighted by Crippen LogP contribution is -2.09. The maximum absolute atomic E-state index is 13.3. The summed E-state index contributed by atoms with van der Waals surface area (Å²) in [6, 6.07) is 11.7. The SMILES string of the molecule is COCCc1ccccc1NC(C)c1cc(F)ccc1O. The van der Waals surface area contributed by atoms with Crippen LogP contribution in [0.15, 0.2) is 42.5 Å². The Morgan fingerprint density at radius 2 is 2.00 bits per heavy atom. The molecule has 0 saturated carbocycles. The van der Waals surface area contributed by atoms with E-state index >= 15 is 0 Å². The van der Waals surface area contributed by atoms with E-state index in [1.807, 2.05) is 31.2 Å². The van der Waals surface area contributed by atoms with Crippen LogP contribution in [0.4, 0.5) is 10.1 Å². The van der Waals surface area contributed by atoms with Crippen molar-refractivity contribution in [3.8, 4) is 5.75 Å². The van der Waals surface area contributed by atoms with Crippen molar-refractivity contribution in [2.24, 2.45) is 0 Å². The number of ether oxygens (including phenoxy) is 1. The van der Waals surface area contributed by atoms with Crippen molar-refractivity contribution in [1.29, 1.82) is 0 Å². The standard InChI is InChI=1S/C17H20FNO2/c1-12(15-11-14(18)7-8-17(15)20)19-16-6-4-3-5-13(16)9-10-21-2/h3-8,11-12,19-20H,9-10H2,1-2H3. The van der Waals surface area contributed by atoms with Crippen LogP contribution in [-0.4, -0.2) is 18.8 Å². The number of hydrogen-bond donors (Lipinski definition) is 2. The first-order chi connectivity index (χ1) is 10.1. The highest BCUT2D eigenvalue weighted by atomic mass is 19.1. The van der Waals surface area contributed by atoms with Crippen LogP contribution in [0.2, 0.25) is 0 Å². The first-order valence-corrected chi connectivity index (χ1v) is 6.93. The number of halogens is 1. The van der Waals surface area contributed by atoms with Gasteiger partial charge in [0.15, 0.2) is 0 Å². The van der Waals surface area contributed by atoms with Crippen molar-refractivity contribution >= 4 is 5.69 Å². The van der Waals surface area contributed by atoms with Crippen LogP contribution < -0.4 is 5.32 Å². The number of anilines is 1. The minimum atomic E-state index is -0.357. The second-order valence-corrected chi connectivity index (χ2v) is 4.97. The molecule has 0 spiro atoms. The number of hydrogen-bond acceptors (Lipinski definition) is 3. The predicted octanol–water partition coefficient (Wildman–Crippen LogP) is 3.89. The van der Waals surface area contributed by atoms with Crippen LogP contribution in [-0.2, 0) is 11.2 Å². The molecule has 2 rings (SSSR count). The fourth-order valence-electron chi connectivity index (χ4n) is 2.27. The zero-order chi connectivity index (χ0) is 15.2. The molecule has 0 aliphatic carbocycles. The van der Waals surface area contributed by atoms with Gasteiger partial charge in [-0.1, -0.05) is 18.2 Å². The first-order valence-electron chi connectivity index (χ1n) is 6.93. The number of methoxy groups -OCH3 is 1. The van der Waals surface area contributed by atoms with Crippen LogP contribution in [0.5, 0.6) is 5.75 Å². The molecule has 0 fully saturated rings. The molecule has 0 aromatic heterocycles. The molecule has 2 N–H and O–H groups in total. The maximum Gasteiger partial charge on any atom is 0.123 e. The summed E-state index contributed by atoms with van der Waals surface area (Å²) in [5, 5.41) is 13.2. The molecule has 0 heterocycles. The van der Waals surface area contributed by atoms with Gasteiger partial charge in [-0.2, -0.15) is 0 Å². The van der Waals surface area contributed by atoms with Crippen LogP contribution in [0.1, 0.15) is 24.1 Å². The van der Waals surface area contributed by atoms with Crippen LogP contribution in [0.3, 0.4) is 0 Å². The minimum Gasteiger partial charge on any atom is -0.508 e. The highest BCUT2D eigenvalue weighted by Crippen LogP contribution is 2.29. The Labute approximate surface area is 124 Å². The second-order valence-electron chi connectivity index (χ2n) is 4.97. The molecule has 1 unspecified atom stereocenters. The lowest BCUT2D eigenvalue weighted by Gasteiger charge is -2.19. The molecule has 112 valence electrons. The Balaban J connectivity index is 2.19. The number of para-hydroxylation sites is 1. The van der Waals surface area contributed by atoms with Crippen molar-refractivity contribution in [3.63, 3.8) is 0 Å². The van der Waals surface area contributed by atoms with Crippen molar-refractivity contribution in [2.75, 3.05) is 19.0 Å². The number of nitrogens with one attached hydrogen (secondary N) is 1. The summed E-state index contributed by atoms with van der Waals surface area (Å²) >= 11 is 0. The molecular weight excluding hydrogens is 269 g/mol. The monoisotopic (exact) mass is 289 g/mol. The van der Waals surface area contributed by atoms with E-state index in [9.17, 15) is 9.50 Å². The van der Waals surface area contributed by atoms with Gasteiger partial charge in [0.1, 0.15) is 11.6 Å². The molecule has 0 aliphatic heterocycles. The first kappa shape index (κ1) is 15.3. The fourth-order valence-corrected chi connectivity index (χ4v) is 2.27. The van der Waals surface area contributed by atoms with Crippen molar-refractivity contribution < 1.29 is 14.2 Å². The largest absolute Gasteiger partial charge is 0.508 e. The number of aromatic hydroxyl groups is 1. The maximum atomic E-state index is 13.3. The predicted molar refractivity (Wildman–Crippen MR) is 82.1 cm³/mol. The van der Waals surface area contributed by atoms with E-state index in [1.54, 1.807) is 7.11 Å². The molecule has 0 aliphatic rings. The quantitative estimate of drug-likeness (QED) is 0.847. The number of benzene rings is 2. The molecule has 2 aromatic rings. The van der Waals surface area contributed by atoms with Crippen molar-refractivity contribution in [3.05, 3.63) is 59.4 Å². The van der Waals surface area contributed by atoms with Crippen molar-refractivity contribution in [1.82, 2.24) is 0 Å². The summed E-state index contributed by atoms with van der Waals surface area (Å²) in [6.45, 7) is 2.53. The Hall–Kier alpha value is -2.07. The third kappa shape index (κ3) is 3.95. The molecule has 1 atom stereocenters. The van der Waals surface area contributed by atoms with E-state index in [0.29, 0.717) is 12.2 Å². The number of rotatable bonds is 6. The molecule has 4 heteroatoms. The van der Waals surface area contributed by atoms with Gasteiger partial charge in [-0.25, -0.2) is 4.39 Å².